The summed E-state index contributed by atoms with van der Waals surface area (Å²) in [6, 6.07) is 9.92. The zero-order valence-corrected chi connectivity index (χ0v) is 19.3. The Kier molecular flexibility index (Phi) is 7.78. The lowest BCUT2D eigenvalue weighted by molar-refractivity contribution is -0.116. The monoisotopic (exact) mass is 490 g/mol. The Morgan fingerprint density at radius 3 is 2.73 bits per heavy atom. The van der Waals surface area contributed by atoms with E-state index in [4.69, 9.17) is 5.73 Å². The van der Waals surface area contributed by atoms with Gasteiger partial charge in [-0.05, 0) is 61.1 Å². The van der Waals surface area contributed by atoms with E-state index in [0.717, 1.165) is 16.9 Å². The third kappa shape index (κ3) is 5.55. The number of hydrogen-bond acceptors (Lipinski definition) is 3. The standard InChI is InChI=1S/C23H27BrN4O.ClH/c24-18-7-9-21-20(12-18)17(15-28(21)14-16-4-2-1-3-5-16)6-11-23(29)27-19-8-10-22(25)26-13-19;/h7-10,12-13,15-16H,1-6,11,14H2,(H2,25,26)(H,27,29);1H. The maximum absolute atomic E-state index is 12.4. The zero-order chi connectivity index (χ0) is 20.2. The number of nitrogens with zero attached hydrogens (tertiary/aromatic N) is 2. The molecular formula is C23H28BrClN4O. The second kappa shape index (κ2) is 10.3. The smallest absolute Gasteiger partial charge is 0.224 e. The first-order chi connectivity index (χ1) is 14.1. The minimum Gasteiger partial charge on any atom is -0.384 e. The molecule has 3 N–H and O–H groups in total. The fourth-order valence-corrected chi connectivity index (χ4v) is 4.65. The van der Waals surface area contributed by atoms with Crippen molar-refractivity contribution in [1.82, 2.24) is 9.55 Å². The molecule has 0 unspecified atom stereocenters. The number of anilines is 2. The third-order valence-electron chi connectivity index (χ3n) is 5.80. The minimum absolute atomic E-state index is 0. The van der Waals surface area contributed by atoms with Gasteiger partial charge in [0, 0.05) is 34.5 Å². The molecule has 1 aromatic carbocycles. The van der Waals surface area contributed by atoms with Crippen LogP contribution in [-0.2, 0) is 17.8 Å². The summed E-state index contributed by atoms with van der Waals surface area (Å²) in [5.41, 5.74) is 8.76. The number of carbonyl (C=O) groups excluding carboxylic acids is 1. The number of rotatable bonds is 6. The highest BCUT2D eigenvalue weighted by atomic mass is 79.9. The molecule has 2 aromatic heterocycles. The molecular weight excluding hydrogens is 464 g/mol. The number of aryl methyl sites for hydroxylation is 1. The first kappa shape index (κ1) is 22.6. The molecule has 5 nitrogen and oxygen atoms in total. The van der Waals surface area contributed by atoms with Gasteiger partial charge in [0.15, 0.2) is 0 Å². The summed E-state index contributed by atoms with van der Waals surface area (Å²) in [5.74, 6) is 1.19. The summed E-state index contributed by atoms with van der Waals surface area (Å²) in [4.78, 5) is 16.4. The molecule has 2 heterocycles. The molecule has 0 spiro atoms. The van der Waals surface area contributed by atoms with E-state index in [1.54, 1.807) is 18.3 Å². The molecule has 7 heteroatoms. The summed E-state index contributed by atoms with van der Waals surface area (Å²) in [6.45, 7) is 1.07. The lowest BCUT2D eigenvalue weighted by atomic mass is 9.89. The number of amides is 1. The topological polar surface area (TPSA) is 72.9 Å². The SMILES string of the molecule is Cl.Nc1ccc(NC(=O)CCc2cn(CC3CCCCC3)c3ccc(Br)cc23)cn1. The van der Waals surface area contributed by atoms with E-state index < -0.39 is 0 Å². The van der Waals surface area contributed by atoms with Crippen molar-refractivity contribution in [3.05, 3.63) is 52.8 Å². The van der Waals surface area contributed by atoms with Crippen LogP contribution < -0.4 is 11.1 Å². The highest BCUT2D eigenvalue weighted by molar-refractivity contribution is 9.10. The average molecular weight is 492 g/mol. The van der Waals surface area contributed by atoms with Crippen LogP contribution in [0.15, 0.2) is 47.2 Å². The van der Waals surface area contributed by atoms with Gasteiger partial charge >= 0.3 is 0 Å². The lowest BCUT2D eigenvalue weighted by Gasteiger charge is -2.22. The predicted molar refractivity (Wildman–Crippen MR) is 129 cm³/mol. The number of pyridine rings is 1. The molecule has 4 rings (SSSR count). The number of carbonyl (C=O) groups is 1. The number of nitrogens with one attached hydrogen (secondary N) is 1. The second-order valence-corrected chi connectivity index (χ2v) is 8.91. The van der Waals surface area contributed by atoms with E-state index in [9.17, 15) is 4.79 Å². The number of fused-ring (bicyclic) bond motifs is 1. The molecule has 0 atom stereocenters. The van der Waals surface area contributed by atoms with E-state index in [1.807, 2.05) is 0 Å². The minimum atomic E-state index is -0.0141. The van der Waals surface area contributed by atoms with Crippen LogP contribution >= 0.6 is 28.3 Å². The van der Waals surface area contributed by atoms with Crippen molar-refractivity contribution in [2.45, 2.75) is 51.5 Å². The predicted octanol–water partition coefficient (Wildman–Crippen LogP) is 5.95. The Morgan fingerprint density at radius 2 is 2.00 bits per heavy atom. The van der Waals surface area contributed by atoms with Crippen LogP contribution in [0.1, 0.15) is 44.1 Å². The number of hydrogen-bond donors (Lipinski definition) is 2. The number of benzene rings is 1. The van der Waals surface area contributed by atoms with Gasteiger partial charge in [0.25, 0.3) is 0 Å². The van der Waals surface area contributed by atoms with E-state index in [-0.39, 0.29) is 18.3 Å². The maximum Gasteiger partial charge on any atom is 0.224 e. The van der Waals surface area contributed by atoms with Crippen LogP contribution in [-0.4, -0.2) is 15.5 Å². The molecule has 0 aliphatic heterocycles. The van der Waals surface area contributed by atoms with Crippen molar-refractivity contribution >= 4 is 56.7 Å². The van der Waals surface area contributed by atoms with Crippen LogP contribution in [0.4, 0.5) is 11.5 Å². The van der Waals surface area contributed by atoms with Gasteiger partial charge in [0.2, 0.25) is 5.91 Å². The molecule has 1 fully saturated rings. The van der Waals surface area contributed by atoms with Crippen molar-refractivity contribution in [3.8, 4) is 0 Å². The van der Waals surface area contributed by atoms with Gasteiger partial charge in [-0.2, -0.15) is 0 Å². The van der Waals surface area contributed by atoms with Gasteiger partial charge in [0.05, 0.1) is 11.9 Å². The summed E-state index contributed by atoms with van der Waals surface area (Å²) < 4.78 is 3.47. The molecule has 3 aromatic rings. The first-order valence-electron chi connectivity index (χ1n) is 10.4. The quantitative estimate of drug-likeness (QED) is 0.447. The third-order valence-corrected chi connectivity index (χ3v) is 6.29. The van der Waals surface area contributed by atoms with Gasteiger partial charge in [-0.15, -0.1) is 12.4 Å². The lowest BCUT2D eigenvalue weighted by Crippen LogP contribution is -2.13. The van der Waals surface area contributed by atoms with Gasteiger partial charge in [0.1, 0.15) is 5.82 Å². The zero-order valence-electron chi connectivity index (χ0n) is 16.9. The van der Waals surface area contributed by atoms with E-state index in [1.165, 1.54) is 48.6 Å². The van der Waals surface area contributed by atoms with Gasteiger partial charge < -0.3 is 15.6 Å². The Labute approximate surface area is 192 Å². The molecule has 30 heavy (non-hydrogen) atoms. The van der Waals surface area contributed by atoms with E-state index in [2.05, 4.69) is 55.2 Å². The van der Waals surface area contributed by atoms with E-state index in [0.29, 0.717) is 24.3 Å². The van der Waals surface area contributed by atoms with Gasteiger partial charge in [-0.25, -0.2) is 4.98 Å². The normalized spacial score (nSPS) is 14.4. The summed E-state index contributed by atoms with van der Waals surface area (Å²) >= 11 is 3.60. The molecule has 1 aliphatic rings. The van der Waals surface area contributed by atoms with Crippen LogP contribution in [0.5, 0.6) is 0 Å². The van der Waals surface area contributed by atoms with Crippen molar-refractivity contribution in [1.29, 1.82) is 0 Å². The number of aromatic nitrogens is 2. The molecule has 1 amide bonds. The summed E-state index contributed by atoms with van der Waals surface area (Å²) in [5, 5.41) is 4.13. The summed E-state index contributed by atoms with van der Waals surface area (Å²) in [7, 11) is 0. The number of nitrogens with two attached hydrogens (primary N) is 1. The Morgan fingerprint density at radius 1 is 1.20 bits per heavy atom. The highest BCUT2D eigenvalue weighted by Crippen LogP contribution is 2.30. The molecule has 0 saturated heterocycles. The summed E-state index contributed by atoms with van der Waals surface area (Å²) in [6.07, 6.45) is 11.7. The van der Waals surface area contributed by atoms with Crippen molar-refractivity contribution < 1.29 is 4.79 Å². The average Bonchev–Trinajstić information content (AvgIpc) is 3.05. The van der Waals surface area contributed by atoms with Crippen LogP contribution in [0.25, 0.3) is 10.9 Å². The molecule has 160 valence electrons. The van der Waals surface area contributed by atoms with Crippen LogP contribution in [0.2, 0.25) is 0 Å². The van der Waals surface area contributed by atoms with Crippen molar-refractivity contribution in [2.75, 3.05) is 11.1 Å². The fraction of sp³-hybridized carbons (Fsp3) is 0.391. The van der Waals surface area contributed by atoms with Gasteiger partial charge in [-0.1, -0.05) is 35.2 Å². The van der Waals surface area contributed by atoms with Crippen molar-refractivity contribution in [2.24, 2.45) is 5.92 Å². The molecule has 1 saturated carbocycles. The second-order valence-electron chi connectivity index (χ2n) is 7.99. The Bertz CT molecular complexity index is 996. The first-order valence-corrected chi connectivity index (χ1v) is 11.2. The number of nitrogen functional groups attached to an aromatic ring is 1. The van der Waals surface area contributed by atoms with Crippen molar-refractivity contribution in [3.63, 3.8) is 0 Å². The Hall–Kier alpha value is -2.05. The molecule has 0 radical (unpaired) electrons. The maximum atomic E-state index is 12.4. The number of halogens is 2. The molecule has 1 aliphatic carbocycles. The van der Waals surface area contributed by atoms with Crippen LogP contribution in [0.3, 0.4) is 0 Å². The molecule has 0 bridgehead atoms. The highest BCUT2D eigenvalue weighted by Gasteiger charge is 2.17. The van der Waals surface area contributed by atoms with Crippen LogP contribution in [0, 0.1) is 5.92 Å². The van der Waals surface area contributed by atoms with E-state index >= 15 is 0 Å². The largest absolute Gasteiger partial charge is 0.384 e. The fourth-order valence-electron chi connectivity index (χ4n) is 4.29. The van der Waals surface area contributed by atoms with Gasteiger partial charge in [-0.3, -0.25) is 4.79 Å². The Balaban J connectivity index is 0.00000256.